The molecule has 1 aromatic heterocycles. The lowest BCUT2D eigenvalue weighted by Crippen LogP contribution is -2.19. The molecule has 2 rings (SSSR count). The Balaban J connectivity index is 2.03. The highest BCUT2D eigenvalue weighted by Crippen LogP contribution is 2.26. The maximum atomic E-state index is 5.70. The minimum Gasteiger partial charge on any atom is -0.494 e. The van der Waals surface area contributed by atoms with Crippen molar-refractivity contribution in [3.63, 3.8) is 0 Å². The van der Waals surface area contributed by atoms with Crippen LogP contribution in [0.1, 0.15) is 42.8 Å². The van der Waals surface area contributed by atoms with Gasteiger partial charge in [0.05, 0.1) is 6.61 Å². The van der Waals surface area contributed by atoms with Crippen LogP contribution in [0.15, 0.2) is 35.7 Å². The van der Waals surface area contributed by atoms with Gasteiger partial charge >= 0.3 is 0 Å². The maximum absolute atomic E-state index is 5.70. The number of hydrogen-bond acceptors (Lipinski definition) is 3. The van der Waals surface area contributed by atoms with Crippen LogP contribution in [0.2, 0.25) is 0 Å². The van der Waals surface area contributed by atoms with E-state index < -0.39 is 0 Å². The zero-order valence-electron chi connectivity index (χ0n) is 12.5. The van der Waals surface area contributed by atoms with Gasteiger partial charge in [0.1, 0.15) is 5.75 Å². The molecule has 2 nitrogen and oxygen atoms in total. The summed E-state index contributed by atoms with van der Waals surface area (Å²) in [6, 6.07) is 10.8. The number of para-hydroxylation sites is 1. The van der Waals surface area contributed by atoms with Crippen LogP contribution in [0, 0.1) is 0 Å². The second-order valence-electron chi connectivity index (χ2n) is 4.80. The van der Waals surface area contributed by atoms with Gasteiger partial charge in [0.2, 0.25) is 0 Å². The number of benzene rings is 1. The normalized spacial score (nSPS) is 12.3. The number of hydrogen-bond donors (Lipinski definition) is 1. The second kappa shape index (κ2) is 7.46. The van der Waals surface area contributed by atoms with Crippen molar-refractivity contribution < 1.29 is 4.74 Å². The van der Waals surface area contributed by atoms with Gasteiger partial charge in [0, 0.05) is 23.0 Å². The quantitative estimate of drug-likeness (QED) is 0.806. The molecule has 0 saturated heterocycles. The summed E-state index contributed by atoms with van der Waals surface area (Å²) in [7, 11) is 0. The van der Waals surface area contributed by atoms with Crippen LogP contribution in [-0.2, 0) is 13.0 Å². The highest BCUT2D eigenvalue weighted by molar-refractivity contribution is 7.10. The molecular weight excluding hydrogens is 266 g/mol. The molecule has 0 aliphatic heterocycles. The minimum absolute atomic E-state index is 0.282. The summed E-state index contributed by atoms with van der Waals surface area (Å²) in [6.45, 7) is 8.04. The van der Waals surface area contributed by atoms with Crippen molar-refractivity contribution in [1.29, 1.82) is 0 Å². The monoisotopic (exact) mass is 289 g/mol. The molecule has 1 aromatic carbocycles. The molecule has 0 spiro atoms. The Kier molecular flexibility index (Phi) is 5.62. The second-order valence-corrected chi connectivity index (χ2v) is 5.80. The van der Waals surface area contributed by atoms with Crippen LogP contribution >= 0.6 is 11.3 Å². The number of ether oxygens (including phenoxy) is 1. The number of aryl methyl sites for hydroxylation is 1. The fourth-order valence-electron chi connectivity index (χ4n) is 2.32. The molecule has 0 fully saturated rings. The third-order valence-corrected chi connectivity index (χ3v) is 4.44. The van der Waals surface area contributed by atoms with Crippen LogP contribution in [0.3, 0.4) is 0 Å². The Hall–Kier alpha value is -1.32. The standard InChI is InChI=1S/C17H23NOS/c1-4-14-10-11-20-17(14)12-18-13(3)15-8-6-7-9-16(15)19-5-2/h6-11,13,18H,4-5,12H2,1-3H3. The SMILES string of the molecule is CCOc1ccccc1C(C)NCc1sccc1CC. The Morgan fingerprint density at radius 3 is 2.75 bits per heavy atom. The first-order chi connectivity index (χ1) is 9.76. The molecule has 0 amide bonds. The molecule has 3 heteroatoms. The molecule has 108 valence electrons. The van der Waals surface area contributed by atoms with Crippen molar-refractivity contribution in [1.82, 2.24) is 5.32 Å². The zero-order chi connectivity index (χ0) is 14.4. The fourth-order valence-corrected chi connectivity index (χ4v) is 3.25. The van der Waals surface area contributed by atoms with Crippen molar-refractivity contribution in [2.24, 2.45) is 0 Å². The van der Waals surface area contributed by atoms with Crippen molar-refractivity contribution in [2.75, 3.05) is 6.61 Å². The molecule has 2 aromatic rings. The van der Waals surface area contributed by atoms with E-state index in [1.165, 1.54) is 16.0 Å². The van der Waals surface area contributed by atoms with E-state index in [-0.39, 0.29) is 6.04 Å². The Morgan fingerprint density at radius 1 is 1.20 bits per heavy atom. The lowest BCUT2D eigenvalue weighted by Gasteiger charge is -2.18. The Labute approximate surface area is 125 Å². The van der Waals surface area contributed by atoms with Crippen LogP contribution in [0.4, 0.5) is 0 Å². The molecule has 0 aliphatic rings. The van der Waals surface area contributed by atoms with Crippen molar-refractivity contribution >= 4 is 11.3 Å². The van der Waals surface area contributed by atoms with Gasteiger partial charge in [-0.25, -0.2) is 0 Å². The van der Waals surface area contributed by atoms with Crippen LogP contribution < -0.4 is 10.1 Å². The Bertz CT molecular complexity index is 535. The van der Waals surface area contributed by atoms with Crippen LogP contribution in [0.5, 0.6) is 5.75 Å². The first-order valence-electron chi connectivity index (χ1n) is 7.26. The van der Waals surface area contributed by atoms with Crippen LogP contribution in [0.25, 0.3) is 0 Å². The first kappa shape index (κ1) is 15.1. The van der Waals surface area contributed by atoms with Gasteiger partial charge in [0.25, 0.3) is 0 Å². The molecule has 1 N–H and O–H groups in total. The van der Waals surface area contributed by atoms with E-state index in [1.54, 1.807) is 0 Å². The molecule has 1 atom stereocenters. The van der Waals surface area contributed by atoms with E-state index in [9.17, 15) is 0 Å². The zero-order valence-corrected chi connectivity index (χ0v) is 13.3. The van der Waals surface area contributed by atoms with Gasteiger partial charge in [-0.1, -0.05) is 25.1 Å². The first-order valence-corrected chi connectivity index (χ1v) is 8.14. The molecule has 0 aliphatic carbocycles. The summed E-state index contributed by atoms with van der Waals surface area (Å²) in [4.78, 5) is 1.44. The van der Waals surface area contributed by atoms with E-state index >= 15 is 0 Å². The Morgan fingerprint density at radius 2 is 2.00 bits per heavy atom. The largest absolute Gasteiger partial charge is 0.494 e. The molecule has 1 heterocycles. The molecule has 20 heavy (non-hydrogen) atoms. The van der Waals surface area contributed by atoms with E-state index in [4.69, 9.17) is 4.74 Å². The highest BCUT2D eigenvalue weighted by atomic mass is 32.1. The van der Waals surface area contributed by atoms with Crippen molar-refractivity contribution in [3.8, 4) is 5.75 Å². The van der Waals surface area contributed by atoms with Crippen molar-refractivity contribution in [2.45, 2.75) is 39.8 Å². The summed E-state index contributed by atoms with van der Waals surface area (Å²) in [5, 5.41) is 5.78. The van der Waals surface area contributed by atoms with E-state index in [1.807, 2.05) is 30.4 Å². The molecule has 0 bridgehead atoms. The smallest absolute Gasteiger partial charge is 0.124 e. The van der Waals surface area contributed by atoms with Gasteiger partial charge < -0.3 is 10.1 Å². The van der Waals surface area contributed by atoms with Gasteiger partial charge in [-0.15, -0.1) is 11.3 Å². The third kappa shape index (κ3) is 3.62. The van der Waals surface area contributed by atoms with Gasteiger partial charge in [-0.2, -0.15) is 0 Å². The number of nitrogens with one attached hydrogen (secondary N) is 1. The topological polar surface area (TPSA) is 21.3 Å². The highest BCUT2D eigenvalue weighted by Gasteiger charge is 2.11. The van der Waals surface area contributed by atoms with E-state index in [0.717, 1.165) is 18.7 Å². The molecule has 1 unspecified atom stereocenters. The molecule has 0 saturated carbocycles. The van der Waals surface area contributed by atoms with Gasteiger partial charge in [-0.3, -0.25) is 0 Å². The van der Waals surface area contributed by atoms with E-state index in [0.29, 0.717) is 6.61 Å². The number of thiophene rings is 1. The maximum Gasteiger partial charge on any atom is 0.124 e. The van der Waals surface area contributed by atoms with E-state index in [2.05, 4.69) is 42.7 Å². The average Bonchev–Trinajstić information content (AvgIpc) is 2.93. The number of rotatable bonds is 7. The summed E-state index contributed by atoms with van der Waals surface area (Å²) in [6.07, 6.45) is 1.10. The lowest BCUT2D eigenvalue weighted by molar-refractivity contribution is 0.332. The molecule has 0 radical (unpaired) electrons. The predicted octanol–water partition coefficient (Wildman–Crippen LogP) is 4.56. The summed E-state index contributed by atoms with van der Waals surface area (Å²) in [5.74, 6) is 0.983. The fraction of sp³-hybridized carbons (Fsp3) is 0.412. The van der Waals surface area contributed by atoms with Crippen molar-refractivity contribution in [3.05, 3.63) is 51.7 Å². The lowest BCUT2D eigenvalue weighted by atomic mass is 10.1. The third-order valence-electron chi connectivity index (χ3n) is 3.47. The predicted molar refractivity (Wildman–Crippen MR) is 86.6 cm³/mol. The van der Waals surface area contributed by atoms with Gasteiger partial charge in [-0.05, 0) is 43.3 Å². The summed E-state index contributed by atoms with van der Waals surface area (Å²) in [5.41, 5.74) is 2.68. The molecular formula is C17H23NOS. The summed E-state index contributed by atoms with van der Waals surface area (Å²) >= 11 is 1.83. The minimum atomic E-state index is 0.282. The van der Waals surface area contributed by atoms with Crippen LogP contribution in [-0.4, -0.2) is 6.61 Å². The summed E-state index contributed by atoms with van der Waals surface area (Å²) < 4.78 is 5.70. The van der Waals surface area contributed by atoms with Gasteiger partial charge in [0.15, 0.2) is 0 Å². The average molecular weight is 289 g/mol.